The van der Waals surface area contributed by atoms with Crippen molar-refractivity contribution in [2.45, 2.75) is 27.3 Å². The van der Waals surface area contributed by atoms with Crippen molar-refractivity contribution in [1.82, 2.24) is 4.90 Å². The van der Waals surface area contributed by atoms with Crippen LogP contribution in [-0.2, 0) is 20.9 Å². The molecule has 1 N–H and O–H groups in total. The highest BCUT2D eigenvalue weighted by molar-refractivity contribution is 6.09. The maximum atomic E-state index is 13.3. The monoisotopic (exact) mass is 402 g/mol. The van der Waals surface area contributed by atoms with Gasteiger partial charge in [-0.1, -0.05) is 55.5 Å². The summed E-state index contributed by atoms with van der Waals surface area (Å²) in [6.45, 7) is 6.12. The van der Waals surface area contributed by atoms with E-state index in [1.807, 2.05) is 75.4 Å². The van der Waals surface area contributed by atoms with E-state index in [-0.39, 0.29) is 30.2 Å². The first kappa shape index (κ1) is 20.1. The van der Waals surface area contributed by atoms with Crippen LogP contribution in [-0.4, -0.2) is 22.6 Å². The Kier molecular flexibility index (Phi) is 5.29. The molecule has 2 aliphatic rings. The normalized spacial score (nSPS) is 25.4. The zero-order valence-electron chi connectivity index (χ0n) is 17.5. The van der Waals surface area contributed by atoms with Gasteiger partial charge in [-0.3, -0.25) is 19.3 Å². The minimum atomic E-state index is -0.660. The summed E-state index contributed by atoms with van der Waals surface area (Å²) < 4.78 is 0. The van der Waals surface area contributed by atoms with Gasteiger partial charge < -0.3 is 5.32 Å². The highest BCUT2D eigenvalue weighted by Gasteiger charge is 2.54. The standard InChI is InChI=1S/C25H26N2O3/c1-15-11-16(2)13-19(12-15)26-23(28)21-17(3)9-10-20-22(21)25(30)27(24(20)29)14-18-7-5-4-6-8-18/h4-13,17,20-22H,14H2,1-3H3,(H,26,28)/t17-,20+,21-,22+/m1/s1. The Morgan fingerprint density at radius 1 is 0.967 bits per heavy atom. The summed E-state index contributed by atoms with van der Waals surface area (Å²) in [5, 5.41) is 2.98. The quantitative estimate of drug-likeness (QED) is 0.624. The lowest BCUT2D eigenvalue weighted by Crippen LogP contribution is -2.41. The predicted molar refractivity (Wildman–Crippen MR) is 115 cm³/mol. The Bertz CT molecular complexity index is 1010. The van der Waals surface area contributed by atoms with Gasteiger partial charge in [-0.05, 0) is 48.6 Å². The molecule has 1 heterocycles. The number of amides is 3. The first-order chi connectivity index (χ1) is 14.3. The number of carbonyl (C=O) groups excluding carboxylic acids is 3. The summed E-state index contributed by atoms with van der Waals surface area (Å²) in [5.74, 6) is -2.65. The fourth-order valence-corrected chi connectivity index (χ4v) is 4.69. The number of aryl methyl sites for hydroxylation is 2. The van der Waals surface area contributed by atoms with E-state index in [9.17, 15) is 14.4 Å². The Morgan fingerprint density at radius 3 is 2.30 bits per heavy atom. The maximum Gasteiger partial charge on any atom is 0.237 e. The van der Waals surface area contributed by atoms with E-state index in [4.69, 9.17) is 0 Å². The van der Waals surface area contributed by atoms with Crippen LogP contribution in [0.5, 0.6) is 0 Å². The molecule has 0 bridgehead atoms. The van der Waals surface area contributed by atoms with Crippen LogP contribution in [0.3, 0.4) is 0 Å². The number of nitrogens with one attached hydrogen (secondary N) is 1. The molecule has 0 spiro atoms. The summed E-state index contributed by atoms with van der Waals surface area (Å²) in [6, 6.07) is 15.3. The van der Waals surface area contributed by atoms with Crippen molar-refractivity contribution >= 4 is 23.4 Å². The second-order valence-corrected chi connectivity index (χ2v) is 8.44. The van der Waals surface area contributed by atoms with Crippen LogP contribution in [0.15, 0.2) is 60.7 Å². The molecule has 5 heteroatoms. The molecule has 2 aromatic rings. The predicted octanol–water partition coefficient (Wildman–Crippen LogP) is 3.87. The molecule has 0 saturated carbocycles. The minimum Gasteiger partial charge on any atom is -0.326 e. The van der Waals surface area contributed by atoms with Crippen molar-refractivity contribution in [2.24, 2.45) is 23.7 Å². The molecule has 4 rings (SSSR count). The number of likely N-dealkylation sites (tertiary alicyclic amines) is 1. The number of allylic oxidation sites excluding steroid dienone is 1. The lowest BCUT2D eigenvalue weighted by molar-refractivity contribution is -0.142. The van der Waals surface area contributed by atoms with Gasteiger partial charge >= 0.3 is 0 Å². The Morgan fingerprint density at radius 2 is 1.63 bits per heavy atom. The number of anilines is 1. The average molecular weight is 402 g/mol. The lowest BCUT2D eigenvalue weighted by Gasteiger charge is -2.30. The summed E-state index contributed by atoms with van der Waals surface area (Å²) in [6.07, 6.45) is 3.70. The molecule has 4 atom stereocenters. The third-order valence-electron chi connectivity index (χ3n) is 6.04. The molecule has 0 unspecified atom stereocenters. The SMILES string of the molecule is Cc1cc(C)cc(NC(=O)[C@H]2[C@H]3C(=O)N(Cc4ccccc4)C(=O)[C@H]3C=C[C@H]2C)c1. The van der Waals surface area contributed by atoms with Crippen LogP contribution in [0.25, 0.3) is 0 Å². The molecule has 1 saturated heterocycles. The van der Waals surface area contributed by atoms with Crippen molar-refractivity contribution < 1.29 is 14.4 Å². The molecule has 154 valence electrons. The van der Waals surface area contributed by atoms with Gasteiger partial charge in [0.05, 0.1) is 24.3 Å². The number of hydrogen-bond donors (Lipinski definition) is 1. The largest absolute Gasteiger partial charge is 0.326 e. The maximum absolute atomic E-state index is 13.3. The number of fused-ring (bicyclic) bond motifs is 1. The highest BCUT2D eigenvalue weighted by Crippen LogP contribution is 2.42. The summed E-state index contributed by atoms with van der Waals surface area (Å²) in [5.41, 5.74) is 3.72. The molecule has 0 aromatic heterocycles. The topological polar surface area (TPSA) is 66.5 Å². The van der Waals surface area contributed by atoms with Gasteiger partial charge in [0, 0.05) is 5.69 Å². The van der Waals surface area contributed by atoms with Crippen LogP contribution in [0.2, 0.25) is 0 Å². The van der Waals surface area contributed by atoms with Gasteiger partial charge in [0.2, 0.25) is 17.7 Å². The zero-order valence-corrected chi connectivity index (χ0v) is 17.5. The van der Waals surface area contributed by atoms with Crippen molar-refractivity contribution in [1.29, 1.82) is 0 Å². The van der Waals surface area contributed by atoms with E-state index in [0.717, 1.165) is 16.7 Å². The summed E-state index contributed by atoms with van der Waals surface area (Å²) >= 11 is 0. The smallest absolute Gasteiger partial charge is 0.237 e. The second-order valence-electron chi connectivity index (χ2n) is 8.44. The van der Waals surface area contributed by atoms with Crippen molar-refractivity contribution in [2.75, 3.05) is 5.32 Å². The Labute approximate surface area is 176 Å². The molecule has 1 aliphatic carbocycles. The third kappa shape index (κ3) is 3.67. The fourth-order valence-electron chi connectivity index (χ4n) is 4.69. The Hall–Kier alpha value is -3.21. The number of hydrogen-bond acceptors (Lipinski definition) is 3. The van der Waals surface area contributed by atoms with E-state index in [2.05, 4.69) is 5.32 Å². The Balaban J connectivity index is 1.59. The highest BCUT2D eigenvalue weighted by atomic mass is 16.2. The number of nitrogens with zero attached hydrogens (tertiary/aromatic N) is 1. The van der Waals surface area contributed by atoms with Gasteiger partial charge in [0.15, 0.2) is 0 Å². The van der Waals surface area contributed by atoms with Crippen molar-refractivity contribution in [3.05, 3.63) is 77.4 Å². The van der Waals surface area contributed by atoms with Crippen LogP contribution in [0, 0.1) is 37.5 Å². The first-order valence-electron chi connectivity index (χ1n) is 10.3. The molecule has 1 fully saturated rings. The molecule has 5 nitrogen and oxygen atoms in total. The lowest BCUT2D eigenvalue weighted by atomic mass is 9.71. The van der Waals surface area contributed by atoms with Crippen LogP contribution in [0.1, 0.15) is 23.6 Å². The molecule has 2 aromatic carbocycles. The van der Waals surface area contributed by atoms with Crippen LogP contribution < -0.4 is 5.32 Å². The molecule has 1 aliphatic heterocycles. The van der Waals surface area contributed by atoms with E-state index in [1.54, 1.807) is 6.08 Å². The van der Waals surface area contributed by atoms with Gasteiger partial charge in [0.25, 0.3) is 0 Å². The van der Waals surface area contributed by atoms with Crippen LogP contribution in [0.4, 0.5) is 5.69 Å². The number of benzene rings is 2. The van der Waals surface area contributed by atoms with E-state index in [0.29, 0.717) is 5.69 Å². The number of carbonyl (C=O) groups is 3. The minimum absolute atomic E-state index is 0.134. The first-order valence-corrected chi connectivity index (χ1v) is 10.3. The third-order valence-corrected chi connectivity index (χ3v) is 6.04. The zero-order chi connectivity index (χ0) is 21.4. The van der Waals surface area contributed by atoms with E-state index >= 15 is 0 Å². The number of rotatable bonds is 4. The van der Waals surface area contributed by atoms with Crippen LogP contribution >= 0.6 is 0 Å². The molecular formula is C25H26N2O3. The summed E-state index contributed by atoms with van der Waals surface area (Å²) in [7, 11) is 0. The van der Waals surface area contributed by atoms with Gasteiger partial charge in [-0.2, -0.15) is 0 Å². The summed E-state index contributed by atoms with van der Waals surface area (Å²) in [4.78, 5) is 40.8. The second kappa shape index (κ2) is 7.90. The molecule has 30 heavy (non-hydrogen) atoms. The van der Waals surface area contributed by atoms with Crippen molar-refractivity contribution in [3.63, 3.8) is 0 Å². The molecule has 0 radical (unpaired) electrons. The average Bonchev–Trinajstić information content (AvgIpc) is 2.92. The van der Waals surface area contributed by atoms with E-state index in [1.165, 1.54) is 4.90 Å². The van der Waals surface area contributed by atoms with Gasteiger partial charge in [-0.25, -0.2) is 0 Å². The number of imide groups is 1. The van der Waals surface area contributed by atoms with Gasteiger partial charge in [0.1, 0.15) is 0 Å². The molecular weight excluding hydrogens is 376 g/mol. The fraction of sp³-hybridized carbons (Fsp3) is 0.320. The van der Waals surface area contributed by atoms with Gasteiger partial charge in [-0.15, -0.1) is 0 Å². The van der Waals surface area contributed by atoms with Crippen molar-refractivity contribution in [3.8, 4) is 0 Å². The van der Waals surface area contributed by atoms with E-state index < -0.39 is 17.8 Å². The molecule has 3 amide bonds.